The maximum Gasteiger partial charge on any atom is 0.251 e. The van der Waals surface area contributed by atoms with Crippen molar-refractivity contribution in [2.24, 2.45) is 11.7 Å². The molecule has 0 saturated carbocycles. The monoisotopic (exact) mass is 220 g/mol. The molecule has 16 heavy (non-hydrogen) atoms. The van der Waals surface area contributed by atoms with Gasteiger partial charge in [0.25, 0.3) is 5.91 Å². The molecule has 0 saturated heterocycles. The summed E-state index contributed by atoms with van der Waals surface area (Å²) in [5, 5.41) is 2.74. The van der Waals surface area contributed by atoms with Gasteiger partial charge in [-0.2, -0.15) is 0 Å². The van der Waals surface area contributed by atoms with Gasteiger partial charge in [0, 0.05) is 11.6 Å². The predicted octanol–water partition coefficient (Wildman–Crippen LogP) is 0.926. The molecule has 0 aliphatic heterocycles. The Bertz CT molecular complexity index is 376. The van der Waals surface area contributed by atoms with Crippen LogP contribution in [0.1, 0.15) is 24.2 Å². The summed E-state index contributed by atoms with van der Waals surface area (Å²) in [5.74, 6) is -0.991. The van der Waals surface area contributed by atoms with Crippen molar-refractivity contribution in [3.8, 4) is 0 Å². The molecular formula is C12H16N2O2. The molecular weight excluding hydrogens is 204 g/mol. The van der Waals surface area contributed by atoms with Crippen molar-refractivity contribution >= 4 is 11.8 Å². The number of rotatable bonds is 4. The van der Waals surface area contributed by atoms with Gasteiger partial charge >= 0.3 is 0 Å². The van der Waals surface area contributed by atoms with Crippen molar-refractivity contribution in [3.05, 3.63) is 35.9 Å². The smallest absolute Gasteiger partial charge is 0.251 e. The van der Waals surface area contributed by atoms with E-state index < -0.39 is 5.91 Å². The van der Waals surface area contributed by atoms with Crippen LogP contribution in [-0.4, -0.2) is 17.9 Å². The Morgan fingerprint density at radius 3 is 2.25 bits per heavy atom. The molecule has 2 atom stereocenters. The van der Waals surface area contributed by atoms with Gasteiger partial charge in [0.15, 0.2) is 0 Å². The van der Waals surface area contributed by atoms with Crippen LogP contribution in [-0.2, 0) is 4.79 Å². The Labute approximate surface area is 94.8 Å². The molecule has 0 aliphatic rings. The van der Waals surface area contributed by atoms with Crippen molar-refractivity contribution in [2.45, 2.75) is 19.9 Å². The van der Waals surface area contributed by atoms with E-state index in [0.717, 1.165) is 0 Å². The Morgan fingerprint density at radius 1 is 1.19 bits per heavy atom. The third-order valence-corrected chi connectivity index (χ3v) is 2.59. The molecule has 2 unspecified atom stereocenters. The van der Waals surface area contributed by atoms with E-state index in [4.69, 9.17) is 5.73 Å². The first kappa shape index (κ1) is 12.2. The Kier molecular flexibility index (Phi) is 4.05. The summed E-state index contributed by atoms with van der Waals surface area (Å²) in [6.45, 7) is 3.45. The average Bonchev–Trinajstić information content (AvgIpc) is 2.28. The van der Waals surface area contributed by atoms with Gasteiger partial charge in [0.05, 0.1) is 5.92 Å². The van der Waals surface area contributed by atoms with Crippen LogP contribution in [0.15, 0.2) is 30.3 Å². The molecule has 1 aromatic carbocycles. The highest BCUT2D eigenvalue weighted by Gasteiger charge is 2.19. The largest absolute Gasteiger partial charge is 0.369 e. The van der Waals surface area contributed by atoms with E-state index in [2.05, 4.69) is 5.32 Å². The minimum absolute atomic E-state index is 0.193. The van der Waals surface area contributed by atoms with Crippen LogP contribution >= 0.6 is 0 Å². The highest BCUT2D eigenvalue weighted by atomic mass is 16.2. The topological polar surface area (TPSA) is 72.2 Å². The summed E-state index contributed by atoms with van der Waals surface area (Å²) in [4.78, 5) is 22.6. The second kappa shape index (κ2) is 5.30. The average molecular weight is 220 g/mol. The lowest BCUT2D eigenvalue weighted by Gasteiger charge is -2.18. The molecule has 0 heterocycles. The van der Waals surface area contributed by atoms with E-state index in [9.17, 15) is 9.59 Å². The highest BCUT2D eigenvalue weighted by molar-refractivity contribution is 5.94. The molecule has 0 aliphatic carbocycles. The lowest BCUT2D eigenvalue weighted by atomic mass is 10.0. The second-order valence-corrected chi connectivity index (χ2v) is 3.82. The third kappa shape index (κ3) is 3.08. The molecule has 2 amide bonds. The summed E-state index contributed by atoms with van der Waals surface area (Å²) < 4.78 is 0. The summed E-state index contributed by atoms with van der Waals surface area (Å²) in [6.07, 6.45) is 0. The van der Waals surface area contributed by atoms with Gasteiger partial charge in [-0.15, -0.1) is 0 Å². The summed E-state index contributed by atoms with van der Waals surface area (Å²) in [7, 11) is 0. The van der Waals surface area contributed by atoms with Crippen molar-refractivity contribution in [3.63, 3.8) is 0 Å². The zero-order valence-electron chi connectivity index (χ0n) is 9.44. The maximum atomic E-state index is 11.7. The van der Waals surface area contributed by atoms with Crippen LogP contribution in [0.2, 0.25) is 0 Å². The van der Waals surface area contributed by atoms with E-state index in [1.807, 2.05) is 6.07 Å². The molecule has 4 heteroatoms. The number of hydrogen-bond acceptors (Lipinski definition) is 2. The Hall–Kier alpha value is -1.84. The summed E-state index contributed by atoms with van der Waals surface area (Å²) in [5.41, 5.74) is 5.74. The third-order valence-electron chi connectivity index (χ3n) is 2.59. The van der Waals surface area contributed by atoms with Crippen LogP contribution in [0.25, 0.3) is 0 Å². The van der Waals surface area contributed by atoms with Gasteiger partial charge in [0.2, 0.25) is 5.91 Å². The number of benzene rings is 1. The number of carbonyl (C=O) groups excluding carboxylic acids is 2. The molecule has 3 N–H and O–H groups in total. The van der Waals surface area contributed by atoms with E-state index in [0.29, 0.717) is 5.56 Å². The lowest BCUT2D eigenvalue weighted by molar-refractivity contribution is -0.121. The van der Waals surface area contributed by atoms with Gasteiger partial charge in [-0.05, 0) is 19.1 Å². The van der Waals surface area contributed by atoms with Crippen LogP contribution in [0.4, 0.5) is 0 Å². The first-order chi connectivity index (χ1) is 7.52. The normalized spacial score (nSPS) is 13.9. The summed E-state index contributed by atoms with van der Waals surface area (Å²) >= 11 is 0. The molecule has 86 valence electrons. The molecule has 0 aromatic heterocycles. The molecule has 1 aromatic rings. The molecule has 4 nitrogen and oxygen atoms in total. The number of primary amides is 1. The highest BCUT2D eigenvalue weighted by Crippen LogP contribution is 2.04. The van der Waals surface area contributed by atoms with Gasteiger partial charge in [0.1, 0.15) is 0 Å². The van der Waals surface area contributed by atoms with Gasteiger partial charge < -0.3 is 11.1 Å². The lowest BCUT2D eigenvalue weighted by Crippen LogP contribution is -2.42. The number of nitrogens with one attached hydrogen (secondary N) is 1. The molecule has 1 rings (SSSR count). The van der Waals surface area contributed by atoms with Crippen molar-refractivity contribution in [2.75, 3.05) is 0 Å². The molecule has 0 fully saturated rings. The van der Waals surface area contributed by atoms with Crippen LogP contribution in [0.5, 0.6) is 0 Å². The predicted molar refractivity (Wildman–Crippen MR) is 61.7 cm³/mol. The van der Waals surface area contributed by atoms with Crippen LogP contribution < -0.4 is 11.1 Å². The van der Waals surface area contributed by atoms with Crippen molar-refractivity contribution in [1.29, 1.82) is 0 Å². The van der Waals surface area contributed by atoms with E-state index in [-0.39, 0.29) is 17.9 Å². The standard InChI is InChI=1S/C12H16N2O2/c1-8(11(13)15)9(2)14-12(16)10-6-4-3-5-7-10/h3-9H,1-2H3,(H2,13,15)(H,14,16). The Balaban J connectivity index is 2.62. The number of hydrogen-bond donors (Lipinski definition) is 2. The number of nitrogens with two attached hydrogens (primary N) is 1. The van der Waals surface area contributed by atoms with Crippen LogP contribution in [0.3, 0.4) is 0 Å². The van der Waals surface area contributed by atoms with Crippen molar-refractivity contribution < 1.29 is 9.59 Å². The van der Waals surface area contributed by atoms with E-state index in [1.54, 1.807) is 38.1 Å². The minimum atomic E-state index is -0.416. The minimum Gasteiger partial charge on any atom is -0.369 e. The molecule has 0 spiro atoms. The number of carbonyl (C=O) groups is 2. The maximum absolute atomic E-state index is 11.7. The van der Waals surface area contributed by atoms with E-state index in [1.165, 1.54) is 0 Å². The first-order valence-electron chi connectivity index (χ1n) is 5.17. The molecule has 0 radical (unpaired) electrons. The fourth-order valence-corrected chi connectivity index (χ4v) is 1.25. The fraction of sp³-hybridized carbons (Fsp3) is 0.333. The van der Waals surface area contributed by atoms with Gasteiger partial charge in [-0.1, -0.05) is 25.1 Å². The first-order valence-corrected chi connectivity index (χ1v) is 5.17. The van der Waals surface area contributed by atoms with Crippen LogP contribution in [0, 0.1) is 5.92 Å². The number of amides is 2. The second-order valence-electron chi connectivity index (χ2n) is 3.82. The van der Waals surface area contributed by atoms with E-state index >= 15 is 0 Å². The van der Waals surface area contributed by atoms with Gasteiger partial charge in [-0.3, -0.25) is 9.59 Å². The summed E-state index contributed by atoms with van der Waals surface area (Å²) in [6, 6.07) is 8.58. The zero-order chi connectivity index (χ0) is 12.1. The Morgan fingerprint density at radius 2 is 1.75 bits per heavy atom. The zero-order valence-corrected chi connectivity index (χ0v) is 9.44. The fourth-order valence-electron chi connectivity index (χ4n) is 1.25. The SMILES string of the molecule is CC(NC(=O)c1ccccc1)C(C)C(N)=O. The van der Waals surface area contributed by atoms with Crippen molar-refractivity contribution in [1.82, 2.24) is 5.32 Å². The quantitative estimate of drug-likeness (QED) is 0.792. The molecule has 0 bridgehead atoms. The van der Waals surface area contributed by atoms with Gasteiger partial charge in [-0.25, -0.2) is 0 Å².